The van der Waals surface area contributed by atoms with E-state index in [0.717, 1.165) is 24.2 Å². The minimum absolute atomic E-state index is 0.0498. The highest BCUT2D eigenvalue weighted by molar-refractivity contribution is 6.31. The van der Waals surface area contributed by atoms with Gasteiger partial charge in [-0.1, -0.05) is 31.4 Å². The number of methoxy groups -OCH3 is 1. The Balaban J connectivity index is 1.73. The monoisotopic (exact) mass is 379 g/mol. The molecular formula is C18H22ClN3O4. The van der Waals surface area contributed by atoms with Gasteiger partial charge in [-0.3, -0.25) is 14.5 Å². The number of benzene rings is 1. The smallest absolute Gasteiger partial charge is 0.325 e. The van der Waals surface area contributed by atoms with Gasteiger partial charge in [-0.15, -0.1) is 0 Å². The number of urea groups is 1. The largest absolute Gasteiger partial charge is 0.495 e. The van der Waals surface area contributed by atoms with Gasteiger partial charge in [0.15, 0.2) is 0 Å². The second-order valence-corrected chi connectivity index (χ2v) is 7.27. The number of anilines is 1. The quantitative estimate of drug-likeness (QED) is 0.787. The Morgan fingerprint density at radius 3 is 2.88 bits per heavy atom. The van der Waals surface area contributed by atoms with Crippen LogP contribution in [0, 0.1) is 5.92 Å². The normalized spacial score (nSPS) is 25.3. The lowest BCUT2D eigenvalue weighted by Crippen LogP contribution is -2.54. The zero-order valence-electron chi connectivity index (χ0n) is 14.8. The van der Waals surface area contributed by atoms with Crippen molar-refractivity contribution in [1.82, 2.24) is 10.2 Å². The summed E-state index contributed by atoms with van der Waals surface area (Å²) in [6, 6.07) is 4.30. The molecule has 2 N–H and O–H groups in total. The van der Waals surface area contributed by atoms with Gasteiger partial charge in [0.25, 0.3) is 5.91 Å². The summed E-state index contributed by atoms with van der Waals surface area (Å²) in [6.45, 7) is 1.62. The summed E-state index contributed by atoms with van der Waals surface area (Å²) in [6.07, 6.45) is 3.42. The van der Waals surface area contributed by atoms with Crippen molar-refractivity contribution < 1.29 is 19.1 Å². The zero-order valence-corrected chi connectivity index (χ0v) is 15.6. The number of amides is 4. The fraction of sp³-hybridized carbons (Fsp3) is 0.500. The van der Waals surface area contributed by atoms with Crippen LogP contribution in [-0.2, 0) is 9.59 Å². The number of carbonyl (C=O) groups is 3. The van der Waals surface area contributed by atoms with Crippen molar-refractivity contribution in [3.05, 3.63) is 23.2 Å². The summed E-state index contributed by atoms with van der Waals surface area (Å²) in [5, 5.41) is 5.92. The molecule has 2 fully saturated rings. The second kappa shape index (κ2) is 7.15. The van der Waals surface area contributed by atoms with E-state index in [0.29, 0.717) is 22.9 Å². The van der Waals surface area contributed by atoms with Crippen LogP contribution in [0.3, 0.4) is 0 Å². The van der Waals surface area contributed by atoms with E-state index in [1.807, 2.05) is 6.92 Å². The van der Waals surface area contributed by atoms with Crippen LogP contribution in [0.15, 0.2) is 18.2 Å². The van der Waals surface area contributed by atoms with E-state index in [-0.39, 0.29) is 18.4 Å². The van der Waals surface area contributed by atoms with Gasteiger partial charge >= 0.3 is 6.03 Å². The first-order valence-corrected chi connectivity index (χ1v) is 9.02. The van der Waals surface area contributed by atoms with Crippen LogP contribution in [0.4, 0.5) is 10.5 Å². The average Bonchev–Trinajstić information content (AvgIpc) is 2.83. The number of nitrogens with zero attached hydrogens (tertiary/aromatic N) is 1. The fourth-order valence-corrected chi connectivity index (χ4v) is 3.92. The topological polar surface area (TPSA) is 87.7 Å². The molecule has 1 aliphatic heterocycles. The third kappa shape index (κ3) is 3.23. The van der Waals surface area contributed by atoms with Gasteiger partial charge in [0.05, 0.1) is 12.8 Å². The van der Waals surface area contributed by atoms with E-state index in [1.54, 1.807) is 18.2 Å². The highest BCUT2D eigenvalue weighted by Gasteiger charge is 2.55. The first kappa shape index (κ1) is 18.5. The predicted octanol–water partition coefficient (Wildman–Crippen LogP) is 2.79. The first-order chi connectivity index (χ1) is 12.4. The Hall–Kier alpha value is -2.28. The Morgan fingerprint density at radius 1 is 1.42 bits per heavy atom. The predicted molar refractivity (Wildman–Crippen MR) is 97.2 cm³/mol. The van der Waals surface area contributed by atoms with E-state index in [2.05, 4.69) is 10.6 Å². The molecule has 0 aromatic heterocycles. The maximum absolute atomic E-state index is 12.9. The number of nitrogens with one attached hydrogen (secondary N) is 2. The number of rotatable bonds is 4. The second-order valence-electron chi connectivity index (χ2n) is 6.83. The lowest BCUT2D eigenvalue weighted by molar-refractivity contribution is -0.136. The molecule has 140 valence electrons. The van der Waals surface area contributed by atoms with Crippen molar-refractivity contribution >= 4 is 35.1 Å². The average molecular weight is 380 g/mol. The van der Waals surface area contributed by atoms with E-state index < -0.39 is 17.5 Å². The lowest BCUT2D eigenvalue weighted by Gasteiger charge is -2.36. The molecule has 1 spiro atoms. The molecule has 1 aromatic carbocycles. The first-order valence-electron chi connectivity index (χ1n) is 8.65. The highest BCUT2D eigenvalue weighted by Crippen LogP contribution is 2.38. The molecule has 4 amide bonds. The molecular weight excluding hydrogens is 358 g/mol. The van der Waals surface area contributed by atoms with Gasteiger partial charge in [0.2, 0.25) is 5.91 Å². The maximum atomic E-state index is 12.9. The lowest BCUT2D eigenvalue weighted by atomic mass is 9.73. The van der Waals surface area contributed by atoms with E-state index in [1.165, 1.54) is 7.11 Å². The molecule has 1 saturated carbocycles. The molecule has 2 aliphatic rings. The number of carbonyl (C=O) groups excluding carboxylic acids is 3. The molecule has 1 saturated heterocycles. The van der Waals surface area contributed by atoms with Gasteiger partial charge in [0.1, 0.15) is 17.8 Å². The summed E-state index contributed by atoms with van der Waals surface area (Å²) in [7, 11) is 1.48. The molecule has 2 atom stereocenters. The zero-order chi connectivity index (χ0) is 18.9. The maximum Gasteiger partial charge on any atom is 0.325 e. The Bertz CT molecular complexity index is 754. The van der Waals surface area contributed by atoms with Gasteiger partial charge in [-0.05, 0) is 37.0 Å². The summed E-state index contributed by atoms with van der Waals surface area (Å²) < 4.78 is 5.18. The van der Waals surface area contributed by atoms with E-state index >= 15 is 0 Å². The Kier molecular flexibility index (Phi) is 5.09. The summed E-state index contributed by atoms with van der Waals surface area (Å²) >= 11 is 5.95. The number of halogens is 1. The minimum atomic E-state index is -0.872. The molecule has 3 rings (SSSR count). The Labute approximate surface area is 157 Å². The molecule has 1 aromatic rings. The third-order valence-corrected chi connectivity index (χ3v) is 5.47. The van der Waals surface area contributed by atoms with Crippen LogP contribution in [0.25, 0.3) is 0 Å². The number of imide groups is 1. The van der Waals surface area contributed by atoms with Gasteiger partial charge in [-0.2, -0.15) is 0 Å². The standard InChI is InChI=1S/C18H22ClN3O4/c1-11-5-3-4-8-18(11)16(24)22(17(25)21-18)10-15(23)20-13-9-12(19)6-7-14(13)26-2/h6-7,9,11H,3-5,8,10H2,1-2H3,(H,20,23)(H,21,25)/t11-,18+/m0/s1. The van der Waals surface area contributed by atoms with E-state index in [9.17, 15) is 14.4 Å². The van der Waals surface area contributed by atoms with Crippen molar-refractivity contribution in [3.63, 3.8) is 0 Å². The molecule has 8 heteroatoms. The molecule has 0 unspecified atom stereocenters. The molecule has 26 heavy (non-hydrogen) atoms. The van der Waals surface area contributed by atoms with Crippen LogP contribution in [-0.4, -0.2) is 41.9 Å². The fourth-order valence-electron chi connectivity index (χ4n) is 3.75. The van der Waals surface area contributed by atoms with Crippen molar-refractivity contribution in [3.8, 4) is 5.75 Å². The number of hydrogen-bond acceptors (Lipinski definition) is 4. The van der Waals surface area contributed by atoms with Crippen LogP contribution >= 0.6 is 11.6 Å². The van der Waals surface area contributed by atoms with Gasteiger partial charge < -0.3 is 15.4 Å². The third-order valence-electron chi connectivity index (χ3n) is 5.24. The number of ether oxygens (including phenoxy) is 1. The van der Waals surface area contributed by atoms with Crippen LogP contribution < -0.4 is 15.4 Å². The van der Waals surface area contributed by atoms with Crippen molar-refractivity contribution in [2.45, 2.75) is 38.1 Å². The molecule has 1 heterocycles. The van der Waals surface area contributed by atoms with E-state index in [4.69, 9.17) is 16.3 Å². The molecule has 1 aliphatic carbocycles. The van der Waals surface area contributed by atoms with Crippen molar-refractivity contribution in [1.29, 1.82) is 0 Å². The van der Waals surface area contributed by atoms with Crippen LogP contribution in [0.1, 0.15) is 32.6 Å². The SMILES string of the molecule is COc1ccc(Cl)cc1NC(=O)CN1C(=O)N[C@@]2(CCCC[C@@H]2C)C1=O. The van der Waals surface area contributed by atoms with Crippen molar-refractivity contribution in [2.24, 2.45) is 5.92 Å². The van der Waals surface area contributed by atoms with Crippen LogP contribution in [0.5, 0.6) is 5.75 Å². The molecule has 0 bridgehead atoms. The molecule has 0 radical (unpaired) electrons. The summed E-state index contributed by atoms with van der Waals surface area (Å²) in [4.78, 5) is 38.6. The van der Waals surface area contributed by atoms with Crippen LogP contribution in [0.2, 0.25) is 5.02 Å². The highest BCUT2D eigenvalue weighted by atomic mass is 35.5. The minimum Gasteiger partial charge on any atom is -0.495 e. The summed E-state index contributed by atoms with van der Waals surface area (Å²) in [5.41, 5.74) is -0.485. The Morgan fingerprint density at radius 2 is 2.19 bits per heavy atom. The van der Waals surface area contributed by atoms with Gasteiger partial charge in [0, 0.05) is 5.02 Å². The number of hydrogen-bond donors (Lipinski definition) is 2. The summed E-state index contributed by atoms with van der Waals surface area (Å²) in [5.74, 6) is -0.316. The van der Waals surface area contributed by atoms with Crippen molar-refractivity contribution in [2.75, 3.05) is 19.0 Å². The van der Waals surface area contributed by atoms with Gasteiger partial charge in [-0.25, -0.2) is 4.79 Å². The molecule has 7 nitrogen and oxygen atoms in total.